The number of hydrogen-bond donors (Lipinski definition) is 0. The van der Waals surface area contributed by atoms with Gasteiger partial charge in [0.05, 0.1) is 35.4 Å². The van der Waals surface area contributed by atoms with Crippen molar-refractivity contribution in [3.05, 3.63) is 23.0 Å². The average Bonchev–Trinajstić information content (AvgIpc) is 3.08. The lowest BCUT2D eigenvalue weighted by atomic mass is 10.1. The molecule has 7 nitrogen and oxygen atoms in total. The van der Waals surface area contributed by atoms with Gasteiger partial charge >= 0.3 is 0 Å². The van der Waals surface area contributed by atoms with Crippen LogP contribution in [0.5, 0.6) is 5.75 Å². The molecule has 1 aromatic carbocycles. The molecule has 3 rings (SSSR count). The Morgan fingerprint density at radius 3 is 2.69 bits per heavy atom. The first-order chi connectivity index (χ1) is 14.1. The van der Waals surface area contributed by atoms with Gasteiger partial charge in [0.2, 0.25) is 5.91 Å². The van der Waals surface area contributed by atoms with E-state index in [4.69, 9.17) is 9.47 Å². The number of thiazole rings is 1. The highest BCUT2D eigenvalue weighted by atomic mass is 32.2. The van der Waals surface area contributed by atoms with E-state index in [1.54, 1.807) is 14.2 Å². The summed E-state index contributed by atoms with van der Waals surface area (Å²) in [6, 6.07) is 5.81. The van der Waals surface area contributed by atoms with Gasteiger partial charge in [-0.1, -0.05) is 11.3 Å². The van der Waals surface area contributed by atoms with Gasteiger partial charge in [-0.15, -0.1) is 11.8 Å². The van der Waals surface area contributed by atoms with E-state index >= 15 is 0 Å². The third-order valence-electron chi connectivity index (χ3n) is 4.79. The first-order valence-corrected chi connectivity index (χ1v) is 11.7. The molecular formula is C20H27N3O4S2. The molecule has 1 aromatic heterocycles. The molecular weight excluding hydrogens is 410 g/mol. The average molecular weight is 438 g/mol. The highest BCUT2D eigenvalue weighted by molar-refractivity contribution is 8.00. The molecule has 0 N–H and O–H groups in total. The van der Waals surface area contributed by atoms with E-state index in [0.29, 0.717) is 23.7 Å². The molecule has 2 aromatic rings. The highest BCUT2D eigenvalue weighted by Crippen LogP contribution is 2.23. The molecule has 0 atom stereocenters. The van der Waals surface area contributed by atoms with Crippen molar-refractivity contribution in [1.29, 1.82) is 0 Å². The van der Waals surface area contributed by atoms with Crippen molar-refractivity contribution in [3.8, 4) is 5.75 Å². The smallest absolute Gasteiger partial charge is 0.258 e. The van der Waals surface area contributed by atoms with E-state index in [-0.39, 0.29) is 17.6 Å². The minimum Gasteiger partial charge on any atom is -0.497 e. The number of hydrogen-bond acceptors (Lipinski definition) is 6. The van der Waals surface area contributed by atoms with Crippen LogP contribution in [-0.4, -0.2) is 66.7 Å². The van der Waals surface area contributed by atoms with E-state index in [9.17, 15) is 9.59 Å². The first kappa shape index (κ1) is 21.9. The molecule has 1 aliphatic heterocycles. The topological polar surface area (TPSA) is 73.1 Å². The second kappa shape index (κ2) is 10.8. The van der Waals surface area contributed by atoms with Crippen LogP contribution in [0.15, 0.2) is 23.2 Å². The molecule has 0 aliphatic carbocycles. The maximum Gasteiger partial charge on any atom is 0.258 e. The number of fused-ring (bicyclic) bond motifs is 1. The number of rotatable bonds is 8. The fraction of sp³-hybridized carbons (Fsp3) is 0.550. The second-order valence-corrected chi connectivity index (χ2v) is 8.80. The normalized spacial score (nSPS) is 15.1. The van der Waals surface area contributed by atoms with Crippen molar-refractivity contribution in [3.63, 3.8) is 0 Å². The molecule has 2 amide bonds. The first-order valence-electron chi connectivity index (χ1n) is 9.72. The van der Waals surface area contributed by atoms with Crippen LogP contribution in [-0.2, 0) is 20.9 Å². The fourth-order valence-corrected chi connectivity index (χ4v) is 5.06. The summed E-state index contributed by atoms with van der Waals surface area (Å²) < 4.78 is 13.5. The predicted octanol–water partition coefficient (Wildman–Crippen LogP) is 2.53. The molecule has 1 saturated heterocycles. The van der Waals surface area contributed by atoms with Crippen LogP contribution in [0.1, 0.15) is 19.3 Å². The van der Waals surface area contributed by atoms with Crippen LogP contribution in [0, 0.1) is 0 Å². The van der Waals surface area contributed by atoms with Crippen LogP contribution < -0.4 is 9.54 Å². The Bertz CT molecular complexity index is 916. The number of carbonyl (C=O) groups is 2. The van der Waals surface area contributed by atoms with Crippen molar-refractivity contribution in [2.24, 2.45) is 4.99 Å². The van der Waals surface area contributed by atoms with Gasteiger partial charge in [0.1, 0.15) is 5.75 Å². The van der Waals surface area contributed by atoms with E-state index in [0.717, 1.165) is 41.9 Å². The second-order valence-electron chi connectivity index (χ2n) is 6.80. The van der Waals surface area contributed by atoms with Gasteiger partial charge in [0.15, 0.2) is 4.80 Å². The zero-order valence-electron chi connectivity index (χ0n) is 16.9. The molecule has 0 saturated carbocycles. The van der Waals surface area contributed by atoms with Gasteiger partial charge in [0.25, 0.3) is 5.91 Å². The minimum absolute atomic E-state index is 0.117. The van der Waals surface area contributed by atoms with Crippen molar-refractivity contribution in [2.75, 3.05) is 45.4 Å². The molecule has 0 spiro atoms. The highest BCUT2D eigenvalue weighted by Gasteiger charge is 2.16. The number of nitrogens with zero attached hydrogens (tertiary/aromatic N) is 3. The minimum atomic E-state index is -0.230. The Morgan fingerprint density at radius 2 is 1.97 bits per heavy atom. The Hall–Kier alpha value is -1.84. The number of amides is 2. The number of methoxy groups -OCH3 is 2. The summed E-state index contributed by atoms with van der Waals surface area (Å²) in [5.74, 6) is 1.18. The Balaban J connectivity index is 1.68. The van der Waals surface area contributed by atoms with Crippen molar-refractivity contribution in [2.45, 2.75) is 25.8 Å². The van der Waals surface area contributed by atoms with Gasteiger partial charge in [-0.05, 0) is 37.5 Å². The summed E-state index contributed by atoms with van der Waals surface area (Å²) in [6.45, 7) is 2.80. The Labute approximate surface area is 178 Å². The standard InChI is InChI=1S/C20H27N3O4S2/c1-26-11-10-23-16-7-6-15(27-2)12-17(16)29-20(23)21-18(24)13-28-14-19(25)22-8-4-3-5-9-22/h6-7,12H,3-5,8-11,13-14H2,1-2H3. The van der Waals surface area contributed by atoms with Crippen LogP contribution in [0.4, 0.5) is 0 Å². The van der Waals surface area contributed by atoms with Crippen molar-refractivity contribution in [1.82, 2.24) is 9.47 Å². The fourth-order valence-electron chi connectivity index (χ4n) is 3.26. The number of aromatic nitrogens is 1. The lowest BCUT2D eigenvalue weighted by Gasteiger charge is -2.26. The Morgan fingerprint density at radius 1 is 1.17 bits per heavy atom. The van der Waals surface area contributed by atoms with Gasteiger partial charge in [0, 0.05) is 26.7 Å². The van der Waals surface area contributed by atoms with Crippen LogP contribution in [0.2, 0.25) is 0 Å². The van der Waals surface area contributed by atoms with Crippen LogP contribution >= 0.6 is 23.1 Å². The Kier molecular flexibility index (Phi) is 8.14. The van der Waals surface area contributed by atoms with E-state index in [2.05, 4.69) is 4.99 Å². The summed E-state index contributed by atoms with van der Waals surface area (Å²) in [7, 11) is 3.28. The van der Waals surface area contributed by atoms with E-state index in [1.807, 2.05) is 27.7 Å². The summed E-state index contributed by atoms with van der Waals surface area (Å²) in [4.78, 5) is 31.5. The van der Waals surface area contributed by atoms with Gasteiger partial charge in [-0.3, -0.25) is 9.59 Å². The van der Waals surface area contributed by atoms with Gasteiger partial charge in [-0.2, -0.15) is 4.99 Å². The number of ether oxygens (including phenoxy) is 2. The molecule has 1 aliphatic rings. The molecule has 0 bridgehead atoms. The third-order valence-corrected chi connectivity index (χ3v) is 6.73. The zero-order chi connectivity index (χ0) is 20.6. The summed E-state index contributed by atoms with van der Waals surface area (Å²) in [6.07, 6.45) is 3.34. The number of benzene rings is 1. The maximum absolute atomic E-state index is 12.4. The van der Waals surface area contributed by atoms with Crippen LogP contribution in [0.25, 0.3) is 10.2 Å². The monoisotopic (exact) mass is 437 g/mol. The molecule has 1 fully saturated rings. The number of likely N-dealkylation sites (tertiary alicyclic amines) is 1. The van der Waals surface area contributed by atoms with Crippen molar-refractivity contribution >= 4 is 45.1 Å². The molecule has 0 radical (unpaired) electrons. The summed E-state index contributed by atoms with van der Waals surface area (Å²) in [5.41, 5.74) is 0.993. The zero-order valence-corrected chi connectivity index (χ0v) is 18.5. The maximum atomic E-state index is 12.4. The van der Waals surface area contributed by atoms with Gasteiger partial charge < -0.3 is 18.9 Å². The third kappa shape index (κ3) is 5.83. The molecule has 29 heavy (non-hydrogen) atoms. The summed E-state index contributed by atoms with van der Waals surface area (Å²) in [5, 5.41) is 0. The summed E-state index contributed by atoms with van der Waals surface area (Å²) >= 11 is 2.79. The quantitative estimate of drug-likeness (QED) is 0.635. The van der Waals surface area contributed by atoms with Crippen LogP contribution in [0.3, 0.4) is 0 Å². The van der Waals surface area contributed by atoms with E-state index < -0.39 is 0 Å². The van der Waals surface area contributed by atoms with Crippen molar-refractivity contribution < 1.29 is 19.1 Å². The lowest BCUT2D eigenvalue weighted by Crippen LogP contribution is -2.36. The molecule has 158 valence electrons. The SMILES string of the molecule is COCCn1c(=NC(=O)CSCC(=O)N2CCCCC2)sc2cc(OC)ccc21. The number of carbonyl (C=O) groups excluding carboxylic acids is 2. The largest absolute Gasteiger partial charge is 0.497 e. The lowest BCUT2D eigenvalue weighted by molar-refractivity contribution is -0.129. The molecule has 2 heterocycles. The molecule has 9 heteroatoms. The number of piperidine rings is 1. The van der Waals surface area contributed by atoms with E-state index in [1.165, 1.54) is 29.5 Å². The number of thioether (sulfide) groups is 1. The van der Waals surface area contributed by atoms with Gasteiger partial charge in [-0.25, -0.2) is 0 Å². The predicted molar refractivity (Wildman–Crippen MR) is 117 cm³/mol. The molecule has 0 unspecified atom stereocenters.